The molecule has 3 N–H and O–H groups in total. The third kappa shape index (κ3) is 5.63. The van der Waals surface area contributed by atoms with Crippen molar-refractivity contribution in [2.75, 3.05) is 20.3 Å². The summed E-state index contributed by atoms with van der Waals surface area (Å²) in [5.74, 6) is 1.03. The van der Waals surface area contributed by atoms with Crippen LogP contribution in [-0.4, -0.2) is 31.7 Å². The van der Waals surface area contributed by atoms with Crippen molar-refractivity contribution < 1.29 is 14.3 Å². The Kier molecular flexibility index (Phi) is 6.49. The quantitative estimate of drug-likeness (QED) is 0.768. The van der Waals surface area contributed by atoms with Gasteiger partial charge in [0.2, 0.25) is 0 Å². The highest BCUT2D eigenvalue weighted by Gasteiger charge is 2.18. The zero-order valence-electron chi connectivity index (χ0n) is 13.4. The molecule has 5 heteroatoms. The molecular weight excluding hydrogens is 268 g/mol. The van der Waals surface area contributed by atoms with Crippen molar-refractivity contribution in [1.82, 2.24) is 5.32 Å². The number of benzene rings is 1. The minimum absolute atomic E-state index is 0.0317. The summed E-state index contributed by atoms with van der Waals surface area (Å²) in [7, 11) is 1.58. The van der Waals surface area contributed by atoms with Crippen molar-refractivity contribution >= 4 is 5.91 Å². The Morgan fingerprint density at radius 3 is 2.62 bits per heavy atom. The molecule has 0 saturated carbocycles. The molecule has 0 aliphatic carbocycles. The van der Waals surface area contributed by atoms with Crippen LogP contribution in [0.2, 0.25) is 0 Å². The van der Waals surface area contributed by atoms with E-state index in [0.717, 1.165) is 18.4 Å². The maximum Gasteiger partial charge on any atom is 0.258 e. The minimum atomic E-state index is -0.227. The lowest BCUT2D eigenvalue weighted by Crippen LogP contribution is -2.44. The predicted octanol–water partition coefficient (Wildman–Crippen LogP) is 1.88. The van der Waals surface area contributed by atoms with Gasteiger partial charge < -0.3 is 20.5 Å². The highest BCUT2D eigenvalue weighted by Crippen LogP contribution is 2.28. The second-order valence-corrected chi connectivity index (χ2v) is 5.60. The van der Waals surface area contributed by atoms with E-state index in [4.69, 9.17) is 15.2 Å². The predicted molar refractivity (Wildman–Crippen MR) is 83.8 cm³/mol. The van der Waals surface area contributed by atoms with Gasteiger partial charge in [-0.1, -0.05) is 13.0 Å². The standard InChI is InChI=1S/C16H26N2O3/c1-5-16(2,3)18-15(19)11-21-13-7-6-12(8-9-17)10-14(13)20-4/h6-7,10H,5,8-9,11,17H2,1-4H3,(H,18,19). The molecule has 1 amide bonds. The third-order valence-corrected chi connectivity index (χ3v) is 3.38. The van der Waals surface area contributed by atoms with Crippen LogP contribution in [0, 0.1) is 0 Å². The summed E-state index contributed by atoms with van der Waals surface area (Å²) < 4.78 is 10.8. The molecule has 0 atom stereocenters. The first-order chi connectivity index (χ1) is 9.91. The Morgan fingerprint density at radius 2 is 2.05 bits per heavy atom. The number of methoxy groups -OCH3 is 1. The molecule has 0 aliphatic heterocycles. The number of carbonyl (C=O) groups excluding carboxylic acids is 1. The summed E-state index contributed by atoms with van der Waals surface area (Å²) in [4.78, 5) is 11.9. The number of rotatable bonds is 8. The summed E-state index contributed by atoms with van der Waals surface area (Å²) >= 11 is 0. The molecule has 21 heavy (non-hydrogen) atoms. The lowest BCUT2D eigenvalue weighted by molar-refractivity contribution is -0.124. The normalized spacial score (nSPS) is 11.1. The van der Waals surface area contributed by atoms with Crippen LogP contribution in [0.4, 0.5) is 0 Å². The average Bonchev–Trinajstić information content (AvgIpc) is 2.45. The van der Waals surface area contributed by atoms with Crippen LogP contribution in [0.5, 0.6) is 11.5 Å². The van der Waals surface area contributed by atoms with E-state index in [1.54, 1.807) is 7.11 Å². The first-order valence-electron chi connectivity index (χ1n) is 7.22. The van der Waals surface area contributed by atoms with E-state index >= 15 is 0 Å². The number of ether oxygens (including phenoxy) is 2. The van der Waals surface area contributed by atoms with Crippen LogP contribution in [-0.2, 0) is 11.2 Å². The van der Waals surface area contributed by atoms with E-state index in [2.05, 4.69) is 5.32 Å². The van der Waals surface area contributed by atoms with E-state index in [1.165, 1.54) is 0 Å². The molecule has 5 nitrogen and oxygen atoms in total. The highest BCUT2D eigenvalue weighted by molar-refractivity contribution is 5.78. The van der Waals surface area contributed by atoms with Crippen LogP contribution in [0.1, 0.15) is 32.8 Å². The van der Waals surface area contributed by atoms with Crippen molar-refractivity contribution in [3.05, 3.63) is 23.8 Å². The first-order valence-corrected chi connectivity index (χ1v) is 7.22. The summed E-state index contributed by atoms with van der Waals surface area (Å²) in [6.07, 6.45) is 1.64. The van der Waals surface area contributed by atoms with Crippen LogP contribution in [0.25, 0.3) is 0 Å². The molecule has 1 rings (SSSR count). The monoisotopic (exact) mass is 294 g/mol. The van der Waals surface area contributed by atoms with Crippen LogP contribution >= 0.6 is 0 Å². The number of hydrogen-bond acceptors (Lipinski definition) is 4. The van der Waals surface area contributed by atoms with Crippen molar-refractivity contribution in [2.45, 2.75) is 39.2 Å². The van der Waals surface area contributed by atoms with Gasteiger partial charge in [-0.15, -0.1) is 0 Å². The number of nitrogens with two attached hydrogens (primary N) is 1. The van der Waals surface area contributed by atoms with Crippen molar-refractivity contribution in [2.24, 2.45) is 5.73 Å². The average molecular weight is 294 g/mol. The summed E-state index contributed by atoms with van der Waals surface area (Å²) in [5, 5.41) is 2.92. The molecule has 0 unspecified atom stereocenters. The largest absolute Gasteiger partial charge is 0.493 e. The number of amides is 1. The zero-order chi connectivity index (χ0) is 15.9. The molecule has 0 saturated heterocycles. The molecular formula is C16H26N2O3. The van der Waals surface area contributed by atoms with E-state index in [0.29, 0.717) is 18.0 Å². The van der Waals surface area contributed by atoms with Gasteiger partial charge in [-0.25, -0.2) is 0 Å². The maximum absolute atomic E-state index is 11.9. The SMILES string of the molecule is CCC(C)(C)NC(=O)COc1ccc(CCN)cc1OC. The smallest absolute Gasteiger partial charge is 0.258 e. The van der Waals surface area contributed by atoms with Gasteiger partial charge in [0.05, 0.1) is 7.11 Å². The number of hydrogen-bond donors (Lipinski definition) is 2. The second kappa shape index (κ2) is 7.88. The number of nitrogens with one attached hydrogen (secondary N) is 1. The Morgan fingerprint density at radius 1 is 1.33 bits per heavy atom. The second-order valence-electron chi connectivity index (χ2n) is 5.60. The van der Waals surface area contributed by atoms with Crippen LogP contribution in [0.15, 0.2) is 18.2 Å². The molecule has 0 aliphatic rings. The van der Waals surface area contributed by atoms with Gasteiger partial charge in [0, 0.05) is 5.54 Å². The third-order valence-electron chi connectivity index (χ3n) is 3.38. The van der Waals surface area contributed by atoms with Gasteiger partial charge in [-0.3, -0.25) is 4.79 Å². The molecule has 0 fully saturated rings. The topological polar surface area (TPSA) is 73.6 Å². The summed E-state index contributed by atoms with van der Waals surface area (Å²) in [6.45, 7) is 6.54. The Hall–Kier alpha value is -1.75. The van der Waals surface area contributed by atoms with Gasteiger partial charge in [-0.05, 0) is 50.9 Å². The Bertz CT molecular complexity index is 473. The van der Waals surface area contributed by atoms with Crippen LogP contribution in [0.3, 0.4) is 0 Å². The van der Waals surface area contributed by atoms with Gasteiger partial charge in [0.15, 0.2) is 18.1 Å². The molecule has 0 radical (unpaired) electrons. The molecule has 118 valence electrons. The van der Waals surface area contributed by atoms with Gasteiger partial charge in [-0.2, -0.15) is 0 Å². The van der Waals surface area contributed by atoms with Gasteiger partial charge in [0.1, 0.15) is 0 Å². The first kappa shape index (κ1) is 17.3. The van der Waals surface area contributed by atoms with Gasteiger partial charge in [0.25, 0.3) is 5.91 Å². The molecule has 1 aromatic carbocycles. The summed E-state index contributed by atoms with van der Waals surface area (Å²) in [6, 6.07) is 5.62. The Balaban J connectivity index is 2.64. The molecule has 0 bridgehead atoms. The molecule has 0 aromatic heterocycles. The highest BCUT2D eigenvalue weighted by atomic mass is 16.5. The van der Waals surface area contributed by atoms with Crippen molar-refractivity contribution in [1.29, 1.82) is 0 Å². The van der Waals surface area contributed by atoms with Crippen molar-refractivity contribution in [3.8, 4) is 11.5 Å². The van der Waals surface area contributed by atoms with Crippen molar-refractivity contribution in [3.63, 3.8) is 0 Å². The van der Waals surface area contributed by atoms with E-state index in [-0.39, 0.29) is 18.1 Å². The van der Waals surface area contributed by atoms with Crippen LogP contribution < -0.4 is 20.5 Å². The van der Waals surface area contributed by atoms with E-state index in [1.807, 2.05) is 39.0 Å². The van der Waals surface area contributed by atoms with E-state index in [9.17, 15) is 4.79 Å². The molecule has 1 aromatic rings. The van der Waals surface area contributed by atoms with Gasteiger partial charge >= 0.3 is 0 Å². The fourth-order valence-electron chi connectivity index (χ4n) is 1.80. The maximum atomic E-state index is 11.9. The molecule has 0 spiro atoms. The summed E-state index contributed by atoms with van der Waals surface area (Å²) in [5.41, 5.74) is 6.39. The molecule has 0 heterocycles. The fraction of sp³-hybridized carbons (Fsp3) is 0.562. The van der Waals surface area contributed by atoms with E-state index < -0.39 is 0 Å². The zero-order valence-corrected chi connectivity index (χ0v) is 13.4. The number of carbonyl (C=O) groups is 1. The fourth-order valence-corrected chi connectivity index (χ4v) is 1.80. The Labute approximate surface area is 126 Å². The lowest BCUT2D eigenvalue weighted by atomic mass is 10.0. The minimum Gasteiger partial charge on any atom is -0.493 e. The lowest BCUT2D eigenvalue weighted by Gasteiger charge is -2.24.